The maximum Gasteiger partial charge on any atom is 0.162 e. The minimum Gasteiger partial charge on any atom is -0.486 e. The van der Waals surface area contributed by atoms with E-state index in [0.717, 1.165) is 34.5 Å². The lowest BCUT2D eigenvalue weighted by atomic mass is 9.93. The lowest BCUT2D eigenvalue weighted by molar-refractivity contribution is 0.154. The summed E-state index contributed by atoms with van der Waals surface area (Å²) in [5.41, 5.74) is 1.30. The normalized spacial score (nSPS) is 27.1. The highest BCUT2D eigenvalue weighted by Gasteiger charge is 2.32. The number of piperidine rings is 1. The zero-order valence-electron chi connectivity index (χ0n) is 12.5. The molecule has 122 valence electrons. The summed E-state index contributed by atoms with van der Waals surface area (Å²) >= 11 is 3.68. The lowest BCUT2D eigenvalue weighted by Gasteiger charge is -2.35. The first-order chi connectivity index (χ1) is 10.3. The van der Waals surface area contributed by atoms with Crippen molar-refractivity contribution in [3.8, 4) is 11.5 Å². The molecule has 0 bridgehead atoms. The largest absolute Gasteiger partial charge is 0.486 e. The first-order valence-electron chi connectivity index (χ1n) is 7.83. The summed E-state index contributed by atoms with van der Waals surface area (Å²) in [6.07, 6.45) is 2.59. The molecular formula is C16H22BrClN2O2. The SMILES string of the molecule is Brc1cc2c(cc1CN1CCC3NCCC3C1)OCCO2.Cl. The molecule has 0 spiro atoms. The fraction of sp³-hybridized carbons (Fsp3) is 0.625. The molecule has 4 rings (SSSR count). The van der Waals surface area contributed by atoms with Crippen LogP contribution in [0.3, 0.4) is 0 Å². The summed E-state index contributed by atoms with van der Waals surface area (Å²) in [4.78, 5) is 2.57. The van der Waals surface area contributed by atoms with E-state index in [4.69, 9.17) is 9.47 Å². The van der Waals surface area contributed by atoms with Gasteiger partial charge in [0.15, 0.2) is 11.5 Å². The van der Waals surface area contributed by atoms with E-state index < -0.39 is 0 Å². The number of nitrogens with zero attached hydrogens (tertiary/aromatic N) is 1. The highest BCUT2D eigenvalue weighted by Crippen LogP contribution is 2.36. The third kappa shape index (κ3) is 3.23. The maximum atomic E-state index is 5.70. The van der Waals surface area contributed by atoms with E-state index in [1.807, 2.05) is 6.07 Å². The van der Waals surface area contributed by atoms with Gasteiger partial charge < -0.3 is 14.8 Å². The molecule has 2 unspecified atom stereocenters. The molecule has 3 aliphatic rings. The van der Waals surface area contributed by atoms with Gasteiger partial charge in [-0.05, 0) is 49.5 Å². The second-order valence-corrected chi connectivity index (χ2v) is 7.07. The van der Waals surface area contributed by atoms with Crippen LogP contribution in [-0.2, 0) is 6.54 Å². The molecule has 0 amide bonds. The highest BCUT2D eigenvalue weighted by molar-refractivity contribution is 9.10. The molecule has 0 radical (unpaired) electrons. The minimum absolute atomic E-state index is 0. The molecule has 22 heavy (non-hydrogen) atoms. The fourth-order valence-electron chi connectivity index (χ4n) is 3.73. The van der Waals surface area contributed by atoms with Gasteiger partial charge in [0.2, 0.25) is 0 Å². The predicted octanol–water partition coefficient (Wildman–Crippen LogP) is 2.83. The average Bonchev–Trinajstić information content (AvgIpc) is 2.95. The van der Waals surface area contributed by atoms with Crippen LogP contribution in [0.5, 0.6) is 11.5 Å². The number of benzene rings is 1. The van der Waals surface area contributed by atoms with E-state index in [1.165, 1.54) is 38.0 Å². The Labute approximate surface area is 146 Å². The number of rotatable bonds is 2. The molecule has 6 heteroatoms. The van der Waals surface area contributed by atoms with Gasteiger partial charge in [-0.3, -0.25) is 4.90 Å². The Morgan fingerprint density at radius 2 is 1.95 bits per heavy atom. The van der Waals surface area contributed by atoms with Crippen LogP contribution in [0.4, 0.5) is 0 Å². The van der Waals surface area contributed by atoms with Crippen molar-refractivity contribution in [3.05, 3.63) is 22.2 Å². The summed E-state index contributed by atoms with van der Waals surface area (Å²) in [6.45, 7) is 5.85. The van der Waals surface area contributed by atoms with Crippen LogP contribution in [0.1, 0.15) is 18.4 Å². The summed E-state index contributed by atoms with van der Waals surface area (Å²) in [5.74, 6) is 2.57. The quantitative estimate of drug-likeness (QED) is 0.843. The predicted molar refractivity (Wildman–Crippen MR) is 92.2 cm³/mol. The van der Waals surface area contributed by atoms with E-state index >= 15 is 0 Å². The van der Waals surface area contributed by atoms with Crippen LogP contribution in [0.25, 0.3) is 0 Å². The van der Waals surface area contributed by atoms with Crippen molar-refractivity contribution < 1.29 is 9.47 Å². The molecule has 2 fully saturated rings. The number of nitrogens with one attached hydrogen (secondary N) is 1. The monoisotopic (exact) mass is 388 g/mol. The van der Waals surface area contributed by atoms with Crippen molar-refractivity contribution in [1.82, 2.24) is 10.2 Å². The topological polar surface area (TPSA) is 33.7 Å². The van der Waals surface area contributed by atoms with Crippen LogP contribution in [-0.4, -0.2) is 43.8 Å². The number of hydrogen-bond acceptors (Lipinski definition) is 4. The number of likely N-dealkylation sites (tertiary alicyclic amines) is 1. The number of fused-ring (bicyclic) bond motifs is 2. The van der Waals surface area contributed by atoms with Crippen molar-refractivity contribution in [2.75, 3.05) is 32.8 Å². The van der Waals surface area contributed by atoms with Crippen molar-refractivity contribution in [2.24, 2.45) is 5.92 Å². The van der Waals surface area contributed by atoms with E-state index in [2.05, 4.69) is 32.2 Å². The van der Waals surface area contributed by atoms with Crippen LogP contribution >= 0.6 is 28.3 Å². The molecule has 0 saturated carbocycles. The van der Waals surface area contributed by atoms with Gasteiger partial charge in [0.05, 0.1) is 0 Å². The molecule has 1 aromatic carbocycles. The minimum atomic E-state index is 0. The molecule has 0 aromatic heterocycles. The number of hydrogen-bond donors (Lipinski definition) is 1. The van der Waals surface area contributed by atoms with Gasteiger partial charge in [-0.25, -0.2) is 0 Å². The zero-order chi connectivity index (χ0) is 14.2. The average molecular weight is 390 g/mol. The zero-order valence-corrected chi connectivity index (χ0v) is 14.9. The maximum absolute atomic E-state index is 5.70. The van der Waals surface area contributed by atoms with E-state index in [9.17, 15) is 0 Å². The van der Waals surface area contributed by atoms with Crippen LogP contribution in [0.2, 0.25) is 0 Å². The van der Waals surface area contributed by atoms with Gasteiger partial charge in [-0.2, -0.15) is 0 Å². The summed E-state index contributed by atoms with van der Waals surface area (Å²) in [5, 5.41) is 3.62. The second-order valence-electron chi connectivity index (χ2n) is 6.22. The lowest BCUT2D eigenvalue weighted by Crippen LogP contribution is -2.43. The van der Waals surface area contributed by atoms with Gasteiger partial charge in [-0.1, -0.05) is 15.9 Å². The number of ether oxygens (including phenoxy) is 2. The second kappa shape index (κ2) is 6.95. The van der Waals surface area contributed by atoms with E-state index in [0.29, 0.717) is 13.2 Å². The van der Waals surface area contributed by atoms with E-state index in [-0.39, 0.29) is 12.4 Å². The highest BCUT2D eigenvalue weighted by atomic mass is 79.9. The molecule has 3 heterocycles. The Bertz CT molecular complexity index is 543. The fourth-order valence-corrected chi connectivity index (χ4v) is 4.18. The first kappa shape index (κ1) is 16.4. The molecular weight excluding hydrogens is 368 g/mol. The Hall–Kier alpha value is -0.490. The van der Waals surface area contributed by atoms with E-state index in [1.54, 1.807) is 0 Å². The van der Waals surface area contributed by atoms with Crippen molar-refractivity contribution in [2.45, 2.75) is 25.4 Å². The molecule has 3 aliphatic heterocycles. The Balaban J connectivity index is 0.00000144. The summed E-state index contributed by atoms with van der Waals surface area (Å²) < 4.78 is 12.5. The number of halogens is 2. The van der Waals surface area contributed by atoms with Crippen molar-refractivity contribution >= 4 is 28.3 Å². The standard InChI is InChI=1S/C16H21BrN2O2.ClH/c17-13-8-16-15(20-5-6-21-16)7-12(13)10-19-4-2-14-11(9-19)1-3-18-14;/h7-8,11,14,18H,1-6,9-10H2;1H. The molecule has 4 nitrogen and oxygen atoms in total. The smallest absolute Gasteiger partial charge is 0.162 e. The van der Waals surface area contributed by atoms with Gasteiger partial charge >= 0.3 is 0 Å². The van der Waals surface area contributed by atoms with Crippen LogP contribution < -0.4 is 14.8 Å². The van der Waals surface area contributed by atoms with Gasteiger partial charge in [-0.15, -0.1) is 12.4 Å². The Kier molecular flexibility index (Phi) is 5.17. The summed E-state index contributed by atoms with van der Waals surface area (Å²) in [6, 6.07) is 4.94. The van der Waals surface area contributed by atoms with Gasteiger partial charge in [0.1, 0.15) is 13.2 Å². The summed E-state index contributed by atoms with van der Waals surface area (Å²) in [7, 11) is 0. The Morgan fingerprint density at radius 1 is 1.18 bits per heavy atom. The molecule has 0 aliphatic carbocycles. The van der Waals surface area contributed by atoms with Crippen LogP contribution in [0, 0.1) is 5.92 Å². The van der Waals surface area contributed by atoms with Crippen LogP contribution in [0.15, 0.2) is 16.6 Å². The van der Waals surface area contributed by atoms with Gasteiger partial charge in [0.25, 0.3) is 0 Å². The van der Waals surface area contributed by atoms with Gasteiger partial charge in [0, 0.05) is 23.6 Å². The molecule has 2 saturated heterocycles. The first-order valence-corrected chi connectivity index (χ1v) is 8.62. The third-order valence-corrected chi connectivity index (χ3v) is 5.58. The Morgan fingerprint density at radius 3 is 2.77 bits per heavy atom. The molecule has 1 aromatic rings. The van der Waals surface area contributed by atoms with Crippen molar-refractivity contribution in [3.63, 3.8) is 0 Å². The molecule has 1 N–H and O–H groups in total. The third-order valence-electron chi connectivity index (χ3n) is 4.84. The van der Waals surface area contributed by atoms with Crippen molar-refractivity contribution in [1.29, 1.82) is 0 Å². The molecule has 2 atom stereocenters.